The van der Waals surface area contributed by atoms with Crippen LogP contribution < -0.4 is 5.73 Å². The first-order valence-corrected chi connectivity index (χ1v) is 4.77. The second kappa shape index (κ2) is 5.77. The van der Waals surface area contributed by atoms with E-state index in [0.29, 0.717) is 11.5 Å². The van der Waals surface area contributed by atoms with Crippen molar-refractivity contribution >= 4 is 34.8 Å². The van der Waals surface area contributed by atoms with Crippen molar-refractivity contribution in [2.75, 3.05) is 19.3 Å². The maximum absolute atomic E-state index is 11.6. The van der Waals surface area contributed by atoms with E-state index in [4.69, 9.17) is 5.73 Å². The summed E-state index contributed by atoms with van der Waals surface area (Å²) in [5.74, 6) is -0.159. The number of nitrogens with zero attached hydrogens (tertiary/aromatic N) is 3. The minimum absolute atomic E-state index is 0. The Labute approximate surface area is 92.9 Å². The van der Waals surface area contributed by atoms with E-state index >= 15 is 0 Å². The van der Waals surface area contributed by atoms with E-state index in [2.05, 4.69) is 9.59 Å². The molecule has 14 heavy (non-hydrogen) atoms. The molecular weight excluding hydrogens is 224 g/mol. The average molecular weight is 237 g/mol. The quantitative estimate of drug-likeness (QED) is 0.851. The van der Waals surface area contributed by atoms with E-state index in [1.807, 2.05) is 6.92 Å². The molecule has 1 rings (SSSR count). The van der Waals surface area contributed by atoms with Crippen LogP contribution in [-0.2, 0) is 0 Å². The third-order valence-corrected chi connectivity index (χ3v) is 2.18. The molecule has 0 aliphatic heterocycles. The molecule has 5 nitrogen and oxygen atoms in total. The summed E-state index contributed by atoms with van der Waals surface area (Å²) in [5, 5.41) is 4.05. The molecule has 1 amide bonds. The number of halogens is 1. The topological polar surface area (TPSA) is 72.1 Å². The van der Waals surface area contributed by atoms with Gasteiger partial charge in [0.2, 0.25) is 0 Å². The van der Waals surface area contributed by atoms with E-state index in [9.17, 15) is 4.79 Å². The SMILES string of the molecule is CCCN(C)C(=O)c1nnsc1N.Cl. The van der Waals surface area contributed by atoms with Gasteiger partial charge in [-0.05, 0) is 6.42 Å². The van der Waals surface area contributed by atoms with Crippen molar-refractivity contribution in [3.63, 3.8) is 0 Å². The summed E-state index contributed by atoms with van der Waals surface area (Å²) < 4.78 is 3.60. The van der Waals surface area contributed by atoms with Crippen LogP contribution in [0.2, 0.25) is 0 Å². The highest BCUT2D eigenvalue weighted by Crippen LogP contribution is 2.13. The molecule has 0 unspecified atom stereocenters. The van der Waals surface area contributed by atoms with Crippen LogP contribution in [0, 0.1) is 0 Å². The number of nitrogen functional groups attached to an aromatic ring is 1. The lowest BCUT2D eigenvalue weighted by molar-refractivity contribution is 0.0790. The Kier molecular flexibility index (Phi) is 5.40. The maximum atomic E-state index is 11.6. The van der Waals surface area contributed by atoms with Gasteiger partial charge in [0.25, 0.3) is 5.91 Å². The van der Waals surface area contributed by atoms with Gasteiger partial charge in [0.05, 0.1) is 0 Å². The van der Waals surface area contributed by atoms with Crippen molar-refractivity contribution in [2.24, 2.45) is 0 Å². The van der Waals surface area contributed by atoms with Gasteiger partial charge in [0.15, 0.2) is 5.69 Å². The number of rotatable bonds is 3. The first-order valence-electron chi connectivity index (χ1n) is 4.00. The molecule has 0 atom stereocenters. The summed E-state index contributed by atoms with van der Waals surface area (Å²) in [7, 11) is 1.73. The summed E-state index contributed by atoms with van der Waals surface area (Å²) in [6.07, 6.45) is 0.916. The average Bonchev–Trinajstić information content (AvgIpc) is 2.50. The molecular formula is C7H13ClN4OS. The third kappa shape index (κ3) is 2.81. The van der Waals surface area contributed by atoms with Crippen LogP contribution in [0.15, 0.2) is 0 Å². The van der Waals surface area contributed by atoms with Gasteiger partial charge in [0.1, 0.15) is 5.00 Å². The van der Waals surface area contributed by atoms with Crippen molar-refractivity contribution in [1.29, 1.82) is 0 Å². The summed E-state index contributed by atoms with van der Waals surface area (Å²) in [6.45, 7) is 2.71. The Morgan fingerprint density at radius 1 is 1.64 bits per heavy atom. The standard InChI is InChI=1S/C7H12N4OS.ClH/c1-3-4-11(2)7(12)5-6(8)13-10-9-5;/h3-4,8H2,1-2H3;1H. The molecule has 0 aliphatic carbocycles. The van der Waals surface area contributed by atoms with Crippen LogP contribution in [0.5, 0.6) is 0 Å². The molecule has 1 aromatic rings. The van der Waals surface area contributed by atoms with E-state index in [0.717, 1.165) is 18.0 Å². The molecule has 0 radical (unpaired) electrons. The summed E-state index contributed by atoms with van der Waals surface area (Å²) in [4.78, 5) is 13.2. The van der Waals surface area contributed by atoms with Gasteiger partial charge in [-0.25, -0.2) is 0 Å². The normalized spacial score (nSPS) is 9.29. The lowest BCUT2D eigenvalue weighted by Gasteiger charge is -2.13. The zero-order valence-corrected chi connectivity index (χ0v) is 9.69. The van der Waals surface area contributed by atoms with Crippen molar-refractivity contribution in [2.45, 2.75) is 13.3 Å². The van der Waals surface area contributed by atoms with Crippen molar-refractivity contribution < 1.29 is 4.79 Å². The summed E-state index contributed by atoms with van der Waals surface area (Å²) in [5.41, 5.74) is 5.79. The zero-order valence-electron chi connectivity index (χ0n) is 8.06. The van der Waals surface area contributed by atoms with Gasteiger partial charge in [0, 0.05) is 25.1 Å². The molecule has 1 aromatic heterocycles. The Bertz CT molecular complexity index is 304. The molecule has 80 valence electrons. The Balaban J connectivity index is 0.00000169. The van der Waals surface area contributed by atoms with Gasteiger partial charge in [-0.3, -0.25) is 4.79 Å². The number of hydrogen-bond donors (Lipinski definition) is 1. The van der Waals surface area contributed by atoms with Crippen LogP contribution in [-0.4, -0.2) is 34.0 Å². The molecule has 0 bridgehead atoms. The first-order chi connectivity index (χ1) is 6.16. The number of carbonyl (C=O) groups is 1. The van der Waals surface area contributed by atoms with Gasteiger partial charge in [-0.1, -0.05) is 11.4 Å². The highest BCUT2D eigenvalue weighted by molar-refractivity contribution is 7.10. The Morgan fingerprint density at radius 2 is 2.29 bits per heavy atom. The maximum Gasteiger partial charge on any atom is 0.277 e. The van der Waals surface area contributed by atoms with E-state index in [1.54, 1.807) is 11.9 Å². The molecule has 0 saturated heterocycles. The lowest BCUT2D eigenvalue weighted by atomic mass is 10.3. The van der Waals surface area contributed by atoms with Gasteiger partial charge < -0.3 is 10.6 Å². The minimum atomic E-state index is -0.159. The first kappa shape index (κ1) is 13.1. The van der Waals surface area contributed by atoms with Gasteiger partial charge >= 0.3 is 0 Å². The smallest absolute Gasteiger partial charge is 0.277 e. The molecule has 0 aromatic carbocycles. The predicted octanol–water partition coefficient (Wildman–Crippen LogP) is 1.02. The molecule has 7 heteroatoms. The fraction of sp³-hybridized carbons (Fsp3) is 0.571. The van der Waals surface area contributed by atoms with E-state index < -0.39 is 0 Å². The van der Waals surface area contributed by atoms with Crippen LogP contribution >= 0.6 is 23.9 Å². The number of anilines is 1. The second-order valence-corrected chi connectivity index (χ2v) is 3.50. The summed E-state index contributed by atoms with van der Waals surface area (Å²) >= 11 is 1.04. The fourth-order valence-electron chi connectivity index (χ4n) is 0.964. The van der Waals surface area contributed by atoms with Gasteiger partial charge in [-0.15, -0.1) is 17.5 Å². The molecule has 2 N–H and O–H groups in total. The number of aromatic nitrogens is 2. The number of hydrogen-bond acceptors (Lipinski definition) is 5. The number of amides is 1. The lowest BCUT2D eigenvalue weighted by Crippen LogP contribution is -2.28. The third-order valence-electron chi connectivity index (χ3n) is 1.62. The van der Waals surface area contributed by atoms with Crippen molar-refractivity contribution in [1.82, 2.24) is 14.5 Å². The highest BCUT2D eigenvalue weighted by Gasteiger charge is 2.17. The second-order valence-electron chi connectivity index (χ2n) is 2.71. The zero-order chi connectivity index (χ0) is 9.84. The predicted molar refractivity (Wildman–Crippen MR) is 58.8 cm³/mol. The fourth-order valence-corrected chi connectivity index (χ4v) is 1.39. The molecule has 0 fully saturated rings. The van der Waals surface area contributed by atoms with E-state index in [1.165, 1.54) is 0 Å². The van der Waals surface area contributed by atoms with Crippen LogP contribution in [0.1, 0.15) is 23.8 Å². The van der Waals surface area contributed by atoms with Crippen LogP contribution in [0.3, 0.4) is 0 Å². The molecule has 0 spiro atoms. The molecule has 0 aliphatic rings. The largest absolute Gasteiger partial charge is 0.387 e. The Morgan fingerprint density at radius 3 is 2.71 bits per heavy atom. The molecule has 0 saturated carbocycles. The van der Waals surface area contributed by atoms with Gasteiger partial charge in [-0.2, -0.15) is 0 Å². The number of nitrogens with two attached hydrogens (primary N) is 1. The molecule has 1 heterocycles. The van der Waals surface area contributed by atoms with Crippen LogP contribution in [0.25, 0.3) is 0 Å². The summed E-state index contributed by atoms with van der Waals surface area (Å²) in [6, 6.07) is 0. The monoisotopic (exact) mass is 236 g/mol. The Hall–Kier alpha value is -0.880. The minimum Gasteiger partial charge on any atom is -0.387 e. The van der Waals surface area contributed by atoms with Crippen molar-refractivity contribution in [3.8, 4) is 0 Å². The number of carbonyl (C=O) groups excluding carboxylic acids is 1. The van der Waals surface area contributed by atoms with E-state index in [-0.39, 0.29) is 24.0 Å². The van der Waals surface area contributed by atoms with Crippen LogP contribution in [0.4, 0.5) is 5.00 Å². The highest BCUT2D eigenvalue weighted by atomic mass is 35.5. The van der Waals surface area contributed by atoms with Crippen molar-refractivity contribution in [3.05, 3.63) is 5.69 Å².